The summed E-state index contributed by atoms with van der Waals surface area (Å²) in [5.74, 6) is -4.34. The van der Waals surface area contributed by atoms with E-state index in [2.05, 4.69) is 4.65 Å². The highest BCUT2D eigenvalue weighted by molar-refractivity contribution is 6.38. The number of pyridine rings is 1. The SMILES string of the molecule is C.COc1c(N2CCC/C(=C(\F)CN3C(=O)c4ccccc4C3=O)C2)c(F)cc2c(=O)c(C(=O)OB(F)F)cn(C3CC3)c12. The standard InChI is InChI=1S/C29H24BF4N3O6.CH4/c1-42-26-23-19(25(38)20(29(41)43-30(33)34)13-36(23)16-8-9-16)11-21(31)24(26)35-10-4-5-15(12-35)22(32)14-37-27(39)17-6-2-3-7-18(17)28(37)40;/h2-3,6-7,11,13,16H,4-5,8-10,12,14H2,1H3;1H4/b22-15+;. The number of nitrogens with zero attached hydrogens (tertiary/aromatic N) is 3. The summed E-state index contributed by atoms with van der Waals surface area (Å²) >= 11 is 0. The molecule has 0 bridgehead atoms. The van der Waals surface area contributed by atoms with E-state index in [1.54, 1.807) is 17.0 Å². The zero-order valence-corrected chi connectivity index (χ0v) is 22.9. The van der Waals surface area contributed by atoms with Crippen molar-refractivity contribution in [3.63, 3.8) is 0 Å². The normalized spacial score (nSPS) is 17.4. The number of benzene rings is 2. The lowest BCUT2D eigenvalue weighted by Gasteiger charge is -2.33. The second kappa shape index (κ2) is 11.8. The number of rotatable bonds is 7. The molecule has 3 aromatic rings. The third-order valence-electron chi connectivity index (χ3n) is 7.92. The lowest BCUT2D eigenvalue weighted by Crippen LogP contribution is -2.35. The maximum absolute atomic E-state index is 15.8. The lowest BCUT2D eigenvalue weighted by molar-refractivity contribution is 0.0654. The molecule has 0 N–H and O–H groups in total. The summed E-state index contributed by atoms with van der Waals surface area (Å²) < 4.78 is 68.0. The van der Waals surface area contributed by atoms with Gasteiger partial charge in [-0.15, -0.1) is 0 Å². The molecule has 230 valence electrons. The van der Waals surface area contributed by atoms with Gasteiger partial charge in [-0.3, -0.25) is 19.3 Å². The Morgan fingerprint density at radius 1 is 1.09 bits per heavy atom. The monoisotopic (exact) mass is 613 g/mol. The molecule has 1 saturated heterocycles. The number of anilines is 1. The molecule has 2 aromatic carbocycles. The molecular formula is C30H28BF4N3O6. The smallest absolute Gasteiger partial charge is 0.492 e. The Bertz CT molecular complexity index is 1750. The number of fused-ring (bicyclic) bond motifs is 2. The van der Waals surface area contributed by atoms with Crippen LogP contribution in [0.2, 0.25) is 0 Å². The molecule has 14 heteroatoms. The molecule has 0 unspecified atom stereocenters. The number of aromatic nitrogens is 1. The van der Waals surface area contributed by atoms with Crippen molar-refractivity contribution in [2.24, 2.45) is 0 Å². The summed E-state index contributed by atoms with van der Waals surface area (Å²) in [5, 5.41) is -0.252. The Balaban J connectivity index is 0.00000384. The molecule has 2 amide bonds. The van der Waals surface area contributed by atoms with Crippen LogP contribution < -0.4 is 15.1 Å². The fraction of sp³-hybridized carbons (Fsp3) is 0.333. The first-order chi connectivity index (χ1) is 20.6. The van der Waals surface area contributed by atoms with Crippen LogP contribution in [0.1, 0.15) is 70.2 Å². The largest absolute Gasteiger partial charge is 0.798 e. The summed E-state index contributed by atoms with van der Waals surface area (Å²) in [4.78, 5) is 53.3. The molecule has 44 heavy (non-hydrogen) atoms. The highest BCUT2D eigenvalue weighted by atomic mass is 19.2. The first-order valence-corrected chi connectivity index (χ1v) is 13.6. The van der Waals surface area contributed by atoms with E-state index >= 15 is 8.78 Å². The average Bonchev–Trinajstić information content (AvgIpc) is 3.81. The molecule has 0 atom stereocenters. The quantitative estimate of drug-likeness (QED) is 0.202. The Kier molecular flexibility index (Phi) is 8.28. The van der Waals surface area contributed by atoms with Crippen LogP contribution in [-0.2, 0) is 4.65 Å². The fourth-order valence-corrected chi connectivity index (χ4v) is 5.78. The number of carbonyl (C=O) groups excluding carboxylic acids is 3. The molecule has 1 saturated carbocycles. The zero-order chi connectivity index (χ0) is 30.6. The molecule has 3 aliphatic rings. The van der Waals surface area contributed by atoms with Crippen LogP contribution >= 0.6 is 0 Å². The molecule has 0 spiro atoms. The molecule has 0 radical (unpaired) electrons. The van der Waals surface area contributed by atoms with Gasteiger partial charge in [0.25, 0.3) is 11.8 Å². The van der Waals surface area contributed by atoms with Crippen molar-refractivity contribution in [3.05, 3.63) is 80.7 Å². The van der Waals surface area contributed by atoms with Gasteiger partial charge in [-0.25, -0.2) is 22.2 Å². The molecule has 1 aliphatic carbocycles. The van der Waals surface area contributed by atoms with E-state index in [0.717, 1.165) is 17.2 Å². The number of imide groups is 1. The first kappa shape index (κ1) is 30.8. The number of ether oxygens (including phenoxy) is 1. The summed E-state index contributed by atoms with van der Waals surface area (Å²) in [6.45, 7) is -0.346. The maximum Gasteiger partial charge on any atom is 0.798 e. The zero-order valence-electron chi connectivity index (χ0n) is 22.9. The second-order valence-electron chi connectivity index (χ2n) is 10.6. The van der Waals surface area contributed by atoms with Crippen molar-refractivity contribution < 1.29 is 41.2 Å². The maximum atomic E-state index is 15.8. The first-order valence-electron chi connectivity index (χ1n) is 13.6. The van der Waals surface area contributed by atoms with Crippen LogP contribution in [0.4, 0.5) is 23.1 Å². The van der Waals surface area contributed by atoms with Gasteiger partial charge < -0.3 is 18.9 Å². The lowest BCUT2D eigenvalue weighted by atomic mass is 10.0. The summed E-state index contributed by atoms with van der Waals surface area (Å²) in [7, 11) is -2.16. The van der Waals surface area contributed by atoms with Gasteiger partial charge in [-0.2, -0.15) is 0 Å². The predicted octanol–water partition coefficient (Wildman–Crippen LogP) is 5.32. The Morgan fingerprint density at radius 3 is 2.34 bits per heavy atom. The Labute approximate surface area is 249 Å². The van der Waals surface area contributed by atoms with Crippen LogP contribution in [0.25, 0.3) is 10.9 Å². The van der Waals surface area contributed by atoms with Gasteiger partial charge in [-0.05, 0) is 49.5 Å². The Morgan fingerprint density at radius 2 is 1.75 bits per heavy atom. The second-order valence-corrected chi connectivity index (χ2v) is 10.6. The number of hydrogen-bond acceptors (Lipinski definition) is 7. The highest BCUT2D eigenvalue weighted by Crippen LogP contribution is 2.44. The number of halogens is 4. The van der Waals surface area contributed by atoms with E-state index in [0.29, 0.717) is 32.2 Å². The summed E-state index contributed by atoms with van der Waals surface area (Å²) in [6, 6.07) is 6.97. The van der Waals surface area contributed by atoms with Gasteiger partial charge in [0.1, 0.15) is 17.1 Å². The molecule has 9 nitrogen and oxygen atoms in total. The molecule has 2 aliphatic heterocycles. The van der Waals surface area contributed by atoms with Crippen molar-refractivity contribution in [2.75, 3.05) is 31.6 Å². The minimum absolute atomic E-state index is 0. The summed E-state index contributed by atoms with van der Waals surface area (Å²) in [6.07, 6.45) is 3.18. The van der Waals surface area contributed by atoms with Crippen LogP contribution in [-0.4, -0.2) is 61.5 Å². The molecule has 2 fully saturated rings. The van der Waals surface area contributed by atoms with Crippen molar-refractivity contribution in [1.29, 1.82) is 0 Å². The van der Waals surface area contributed by atoms with Gasteiger partial charge >= 0.3 is 13.4 Å². The van der Waals surface area contributed by atoms with Gasteiger partial charge in [0.15, 0.2) is 11.6 Å². The minimum Gasteiger partial charge on any atom is -0.492 e. The van der Waals surface area contributed by atoms with Crippen molar-refractivity contribution >= 4 is 41.8 Å². The van der Waals surface area contributed by atoms with E-state index in [9.17, 15) is 27.8 Å². The van der Waals surface area contributed by atoms with Crippen molar-refractivity contribution in [1.82, 2.24) is 9.47 Å². The average molecular weight is 613 g/mol. The van der Waals surface area contributed by atoms with Crippen molar-refractivity contribution in [3.8, 4) is 5.75 Å². The van der Waals surface area contributed by atoms with Crippen LogP contribution in [0.15, 0.2) is 52.7 Å². The van der Waals surface area contributed by atoms with E-state index < -0.39 is 54.4 Å². The molecule has 1 aromatic heterocycles. The van der Waals surface area contributed by atoms with E-state index in [1.807, 2.05) is 0 Å². The van der Waals surface area contributed by atoms with Crippen molar-refractivity contribution in [2.45, 2.75) is 39.2 Å². The highest BCUT2D eigenvalue weighted by Gasteiger charge is 2.37. The van der Waals surface area contributed by atoms with Gasteiger partial charge in [0.05, 0.1) is 35.7 Å². The number of methoxy groups -OCH3 is 1. The molecular weight excluding hydrogens is 585 g/mol. The third kappa shape index (κ3) is 5.22. The van der Waals surface area contributed by atoms with Gasteiger partial charge in [-0.1, -0.05) is 19.6 Å². The van der Waals surface area contributed by atoms with E-state index in [1.165, 1.54) is 23.8 Å². The number of piperidine rings is 1. The number of carbonyl (C=O) groups is 3. The van der Waals surface area contributed by atoms with Crippen LogP contribution in [0.3, 0.4) is 0 Å². The predicted molar refractivity (Wildman–Crippen MR) is 154 cm³/mol. The number of amides is 2. The Hall–Kier alpha value is -4.62. The van der Waals surface area contributed by atoms with E-state index in [-0.39, 0.29) is 59.1 Å². The van der Waals surface area contributed by atoms with Gasteiger partial charge in [0, 0.05) is 25.3 Å². The fourth-order valence-electron chi connectivity index (χ4n) is 5.78. The van der Waals surface area contributed by atoms with Gasteiger partial charge in [0.2, 0.25) is 5.43 Å². The number of hydrogen-bond donors (Lipinski definition) is 0. The van der Waals surface area contributed by atoms with Crippen LogP contribution in [0, 0.1) is 5.82 Å². The van der Waals surface area contributed by atoms with E-state index in [4.69, 9.17) is 4.74 Å². The summed E-state index contributed by atoms with van der Waals surface area (Å²) in [5.41, 5.74) is -0.856. The topological polar surface area (TPSA) is 98.2 Å². The van der Waals surface area contributed by atoms with Crippen LogP contribution in [0.5, 0.6) is 5.75 Å². The third-order valence-corrected chi connectivity index (χ3v) is 7.92. The molecule has 3 heterocycles. The minimum atomic E-state index is -3.44. The molecule has 6 rings (SSSR count).